The maximum Gasteiger partial charge on any atom is 0.194 e. The summed E-state index contributed by atoms with van der Waals surface area (Å²) in [7, 11) is 1.59. The topological polar surface area (TPSA) is 81.5 Å². The van der Waals surface area contributed by atoms with Crippen LogP contribution in [0.1, 0.15) is 41.3 Å². The summed E-state index contributed by atoms with van der Waals surface area (Å²) in [6.45, 7) is 2.40. The van der Waals surface area contributed by atoms with Gasteiger partial charge in [-0.25, -0.2) is 27.8 Å². The number of aryl methyl sites for hydroxylation is 2. The van der Waals surface area contributed by atoms with Crippen LogP contribution in [0.5, 0.6) is 5.75 Å². The van der Waals surface area contributed by atoms with Crippen LogP contribution in [0.15, 0.2) is 42.9 Å². The normalized spacial score (nSPS) is 17.2. The minimum atomic E-state index is -1.57. The smallest absolute Gasteiger partial charge is 0.194 e. The molecule has 36 heavy (non-hydrogen) atoms. The Balaban J connectivity index is 1.49. The fourth-order valence-corrected chi connectivity index (χ4v) is 4.49. The van der Waals surface area contributed by atoms with Gasteiger partial charge in [0, 0.05) is 12.7 Å². The van der Waals surface area contributed by atoms with Crippen molar-refractivity contribution >= 4 is 12.2 Å². The van der Waals surface area contributed by atoms with Crippen molar-refractivity contribution in [3.8, 4) is 17.5 Å². The second kappa shape index (κ2) is 9.00. The second-order valence-corrected chi connectivity index (χ2v) is 8.58. The molecule has 0 bridgehead atoms. The molecule has 0 N–H and O–H groups in total. The quantitative estimate of drug-likeness (QED) is 0.369. The summed E-state index contributed by atoms with van der Waals surface area (Å²) >= 11 is 0. The molecule has 10 heteroatoms. The van der Waals surface area contributed by atoms with Gasteiger partial charge >= 0.3 is 0 Å². The second-order valence-electron chi connectivity index (χ2n) is 8.58. The summed E-state index contributed by atoms with van der Waals surface area (Å²) in [5.74, 6) is -3.01. The molecular weight excluding hydrogens is 469 g/mol. The lowest BCUT2D eigenvalue weighted by Gasteiger charge is -2.30. The zero-order valence-corrected chi connectivity index (χ0v) is 19.5. The van der Waals surface area contributed by atoms with Crippen molar-refractivity contribution in [1.29, 1.82) is 5.26 Å². The van der Waals surface area contributed by atoms with Crippen molar-refractivity contribution < 1.29 is 17.9 Å². The average Bonchev–Trinajstić information content (AvgIpc) is 3.51. The summed E-state index contributed by atoms with van der Waals surface area (Å²) in [5.41, 5.74) is 1.12. The van der Waals surface area contributed by atoms with Crippen LogP contribution in [0.4, 0.5) is 13.2 Å². The number of fused-ring (bicyclic) bond motifs is 1. The number of rotatable bonds is 5. The molecule has 2 aromatic heterocycles. The highest BCUT2D eigenvalue weighted by Gasteiger charge is 2.43. The van der Waals surface area contributed by atoms with Gasteiger partial charge in [0.05, 0.1) is 30.9 Å². The molecule has 3 heterocycles. The third-order valence-electron chi connectivity index (χ3n) is 6.28. The third-order valence-corrected chi connectivity index (χ3v) is 6.28. The van der Waals surface area contributed by atoms with Crippen molar-refractivity contribution in [1.82, 2.24) is 24.3 Å². The molecule has 0 radical (unpaired) electrons. The summed E-state index contributed by atoms with van der Waals surface area (Å²) < 4.78 is 50.5. The minimum absolute atomic E-state index is 0.0142. The van der Waals surface area contributed by atoms with Gasteiger partial charge in [-0.2, -0.15) is 10.4 Å². The van der Waals surface area contributed by atoms with Crippen molar-refractivity contribution in [3.05, 3.63) is 88.8 Å². The largest absolute Gasteiger partial charge is 0.495 e. The van der Waals surface area contributed by atoms with E-state index in [1.807, 2.05) is 35.9 Å². The average molecular weight is 490 g/mol. The first kappa shape index (κ1) is 23.4. The van der Waals surface area contributed by atoms with E-state index in [0.29, 0.717) is 24.5 Å². The minimum Gasteiger partial charge on any atom is -0.495 e. The Labute approximate surface area is 205 Å². The Bertz CT molecular complexity index is 1510. The molecule has 0 unspecified atom stereocenters. The van der Waals surface area contributed by atoms with Crippen molar-refractivity contribution in [2.45, 2.75) is 31.7 Å². The Kier molecular flexibility index (Phi) is 5.84. The standard InChI is InChI=1S/C26H21F3N6O/c1-16-13-34(15-31-16)21-6-4-17(10-22(21)36-2)5-7-23-32-25-26(14-30,8-3-9-35(25)33-23)18-11-19(27)24(29)20(28)12-18/h4-7,10-13,15H,3,8-9H2,1-2H3/b7-5+/t26-/m0/s1. The number of methoxy groups -OCH3 is 1. The van der Waals surface area contributed by atoms with E-state index in [2.05, 4.69) is 21.1 Å². The highest BCUT2D eigenvalue weighted by atomic mass is 19.2. The number of aromatic nitrogens is 5. The molecular formula is C26H21F3N6O. The maximum absolute atomic E-state index is 14.0. The van der Waals surface area contributed by atoms with Crippen LogP contribution >= 0.6 is 0 Å². The summed E-state index contributed by atoms with van der Waals surface area (Å²) in [6, 6.07) is 9.55. The van der Waals surface area contributed by atoms with Gasteiger partial charge in [-0.05, 0) is 61.2 Å². The number of hydrogen-bond acceptors (Lipinski definition) is 5. The molecule has 0 spiro atoms. The zero-order valence-electron chi connectivity index (χ0n) is 19.5. The highest BCUT2D eigenvalue weighted by Crippen LogP contribution is 2.39. The molecule has 1 aliphatic rings. The SMILES string of the molecule is COc1cc(/C=C/c2nc3n(n2)CCC[C@]3(C#N)c2cc(F)c(F)c(F)c2)ccc1-n1cnc(C)c1. The third kappa shape index (κ3) is 3.92. The molecule has 1 atom stereocenters. The van der Waals surface area contributed by atoms with E-state index in [1.165, 1.54) is 0 Å². The van der Waals surface area contributed by atoms with Crippen molar-refractivity contribution in [2.75, 3.05) is 7.11 Å². The van der Waals surface area contributed by atoms with Crippen LogP contribution in [-0.2, 0) is 12.0 Å². The summed E-state index contributed by atoms with van der Waals surface area (Å²) in [6.07, 6.45) is 7.92. The Morgan fingerprint density at radius 1 is 1.14 bits per heavy atom. The first-order valence-electron chi connectivity index (χ1n) is 11.2. The number of benzene rings is 2. The molecule has 7 nitrogen and oxygen atoms in total. The van der Waals surface area contributed by atoms with E-state index in [0.717, 1.165) is 29.1 Å². The van der Waals surface area contributed by atoms with Crippen LogP contribution in [0.25, 0.3) is 17.8 Å². The van der Waals surface area contributed by atoms with Gasteiger partial charge in [0.2, 0.25) is 0 Å². The molecule has 4 aromatic rings. The van der Waals surface area contributed by atoms with E-state index in [4.69, 9.17) is 4.74 Å². The van der Waals surface area contributed by atoms with Crippen LogP contribution < -0.4 is 4.74 Å². The van der Waals surface area contributed by atoms with E-state index in [1.54, 1.807) is 30.3 Å². The van der Waals surface area contributed by atoms with Gasteiger partial charge in [0.1, 0.15) is 11.2 Å². The lowest BCUT2D eigenvalue weighted by Crippen LogP contribution is -2.35. The predicted molar refractivity (Wildman–Crippen MR) is 126 cm³/mol. The lowest BCUT2D eigenvalue weighted by atomic mass is 9.75. The monoisotopic (exact) mass is 490 g/mol. The molecule has 0 saturated carbocycles. The Hall–Kier alpha value is -4.39. The van der Waals surface area contributed by atoms with Crippen LogP contribution in [0.2, 0.25) is 0 Å². The van der Waals surface area contributed by atoms with E-state index >= 15 is 0 Å². The van der Waals surface area contributed by atoms with Crippen molar-refractivity contribution in [2.24, 2.45) is 0 Å². The number of hydrogen-bond donors (Lipinski definition) is 0. The number of halogens is 3. The van der Waals surface area contributed by atoms with Crippen molar-refractivity contribution in [3.63, 3.8) is 0 Å². The van der Waals surface area contributed by atoms with E-state index in [-0.39, 0.29) is 17.8 Å². The fourth-order valence-electron chi connectivity index (χ4n) is 4.49. The van der Waals surface area contributed by atoms with Gasteiger partial charge in [-0.15, -0.1) is 0 Å². The van der Waals surface area contributed by atoms with Gasteiger partial charge in [-0.3, -0.25) is 0 Å². The van der Waals surface area contributed by atoms with Gasteiger partial charge < -0.3 is 9.30 Å². The Morgan fingerprint density at radius 2 is 1.92 bits per heavy atom. The zero-order chi connectivity index (χ0) is 25.4. The first-order chi connectivity index (χ1) is 17.3. The van der Waals surface area contributed by atoms with Crippen LogP contribution in [0.3, 0.4) is 0 Å². The number of imidazole rings is 1. The molecule has 5 rings (SSSR count). The van der Waals surface area contributed by atoms with Crippen LogP contribution in [-0.4, -0.2) is 31.4 Å². The van der Waals surface area contributed by atoms with E-state index in [9.17, 15) is 18.4 Å². The number of nitriles is 1. The molecule has 1 aliphatic heterocycles. The lowest BCUT2D eigenvalue weighted by molar-refractivity contribution is 0.385. The molecule has 0 saturated heterocycles. The number of nitrogens with zero attached hydrogens (tertiary/aromatic N) is 6. The Morgan fingerprint density at radius 3 is 2.58 bits per heavy atom. The first-order valence-corrected chi connectivity index (χ1v) is 11.2. The molecule has 0 aliphatic carbocycles. The predicted octanol–water partition coefficient (Wildman–Crippen LogP) is 4.97. The van der Waals surface area contributed by atoms with Gasteiger partial charge in [0.15, 0.2) is 29.1 Å². The van der Waals surface area contributed by atoms with Gasteiger partial charge in [-0.1, -0.05) is 12.1 Å². The van der Waals surface area contributed by atoms with Gasteiger partial charge in [0.25, 0.3) is 0 Å². The maximum atomic E-state index is 14.0. The molecule has 0 amide bonds. The summed E-state index contributed by atoms with van der Waals surface area (Å²) in [4.78, 5) is 8.76. The molecule has 182 valence electrons. The fraction of sp³-hybridized carbons (Fsp3) is 0.231. The molecule has 2 aromatic carbocycles. The number of ether oxygens (including phenoxy) is 1. The summed E-state index contributed by atoms with van der Waals surface area (Å²) in [5, 5.41) is 14.6. The van der Waals surface area contributed by atoms with Crippen LogP contribution in [0, 0.1) is 35.7 Å². The van der Waals surface area contributed by atoms with E-state index < -0.39 is 22.9 Å². The highest BCUT2D eigenvalue weighted by molar-refractivity contribution is 5.69. The molecule has 0 fully saturated rings.